The topological polar surface area (TPSA) is 80.6 Å². The fraction of sp³-hybridized carbons (Fsp3) is 0.360. The van der Waals surface area contributed by atoms with Crippen molar-refractivity contribution in [3.8, 4) is 5.75 Å². The number of fused-ring (bicyclic) bond motifs is 1. The van der Waals surface area contributed by atoms with Crippen molar-refractivity contribution in [2.24, 2.45) is 0 Å². The Kier molecular flexibility index (Phi) is 7.26. The van der Waals surface area contributed by atoms with Crippen LogP contribution in [0.4, 0.5) is 22.4 Å². The zero-order chi connectivity index (χ0) is 26.0. The molecule has 0 radical (unpaired) electrons. The van der Waals surface area contributed by atoms with E-state index >= 15 is 0 Å². The zero-order valence-electron chi connectivity index (χ0n) is 19.4. The highest BCUT2D eigenvalue weighted by Crippen LogP contribution is 2.44. The van der Waals surface area contributed by atoms with Crippen LogP contribution < -0.4 is 15.5 Å². The summed E-state index contributed by atoms with van der Waals surface area (Å²) in [5.74, 6) is -0.862. The van der Waals surface area contributed by atoms with Crippen molar-refractivity contribution < 1.29 is 32.2 Å². The largest absolute Gasteiger partial charge is 0.418 e. The van der Waals surface area contributed by atoms with E-state index in [-0.39, 0.29) is 34.2 Å². The average molecular weight is 494 g/mol. The third-order valence-electron chi connectivity index (χ3n) is 5.77. The molecular formula is C25H26F4N2O4. The van der Waals surface area contributed by atoms with Crippen LogP contribution in [0.1, 0.15) is 32.8 Å². The van der Waals surface area contributed by atoms with Gasteiger partial charge in [0.15, 0.2) is 11.0 Å². The molecule has 1 unspecified atom stereocenters. The molecule has 0 aliphatic heterocycles. The molecule has 10 heteroatoms. The van der Waals surface area contributed by atoms with Gasteiger partial charge in [0, 0.05) is 29.8 Å². The Balaban J connectivity index is 2.05. The Morgan fingerprint density at radius 2 is 1.80 bits per heavy atom. The number of aromatic nitrogens is 1. The molecular weight excluding hydrogens is 468 g/mol. The van der Waals surface area contributed by atoms with E-state index in [0.29, 0.717) is 0 Å². The third-order valence-corrected chi connectivity index (χ3v) is 5.77. The smallest absolute Gasteiger partial charge is 0.410 e. The molecule has 0 saturated heterocycles. The molecule has 0 fully saturated rings. The number of nitrogens with one attached hydrogen (secondary N) is 1. The number of alkyl halides is 3. The second-order valence-electron chi connectivity index (χ2n) is 8.98. The van der Waals surface area contributed by atoms with E-state index in [1.54, 1.807) is 19.1 Å². The van der Waals surface area contributed by atoms with Gasteiger partial charge in [-0.25, -0.2) is 9.18 Å². The van der Waals surface area contributed by atoms with E-state index in [0.717, 1.165) is 28.8 Å². The molecule has 3 aromatic rings. The van der Waals surface area contributed by atoms with Gasteiger partial charge < -0.3 is 19.7 Å². The molecule has 0 aliphatic rings. The van der Waals surface area contributed by atoms with Crippen LogP contribution in [0.5, 0.6) is 5.75 Å². The molecule has 2 aromatic carbocycles. The Morgan fingerprint density at radius 3 is 2.46 bits per heavy atom. The van der Waals surface area contributed by atoms with Crippen LogP contribution in [0, 0.1) is 5.82 Å². The quantitative estimate of drug-likeness (QED) is 0.458. The van der Waals surface area contributed by atoms with Crippen molar-refractivity contribution in [2.45, 2.75) is 50.9 Å². The minimum atomic E-state index is -5.08. The van der Waals surface area contributed by atoms with Crippen LogP contribution in [0.25, 0.3) is 10.9 Å². The minimum absolute atomic E-state index is 0.0174. The zero-order valence-corrected chi connectivity index (χ0v) is 19.4. The van der Waals surface area contributed by atoms with Crippen LogP contribution >= 0.6 is 0 Å². The number of hydrogen-bond acceptors (Lipinski definition) is 4. The second-order valence-corrected chi connectivity index (χ2v) is 8.98. The van der Waals surface area contributed by atoms with E-state index in [2.05, 4.69) is 5.32 Å². The summed E-state index contributed by atoms with van der Waals surface area (Å²) in [6, 6.07) is 10.4. The second kappa shape index (κ2) is 9.69. The molecule has 1 heterocycles. The molecule has 1 atom stereocenters. The van der Waals surface area contributed by atoms with Crippen LogP contribution in [0.2, 0.25) is 0 Å². The maximum Gasteiger partial charge on any atom is 0.418 e. The minimum Gasteiger partial charge on any atom is -0.410 e. The summed E-state index contributed by atoms with van der Waals surface area (Å²) < 4.78 is 63.4. The Morgan fingerprint density at radius 1 is 1.11 bits per heavy atom. The number of carbonyl (C=O) groups excluding carboxylic acids is 1. The molecule has 0 bridgehead atoms. The fourth-order valence-corrected chi connectivity index (χ4v) is 4.15. The summed E-state index contributed by atoms with van der Waals surface area (Å²) in [5.41, 5.74) is -4.92. The number of pyridine rings is 1. The lowest BCUT2D eigenvalue weighted by Gasteiger charge is -2.39. The number of hydrogen-bond donors (Lipinski definition) is 2. The maximum absolute atomic E-state index is 14.3. The number of rotatable bonds is 7. The van der Waals surface area contributed by atoms with E-state index in [1.807, 2.05) is 0 Å². The molecule has 1 aromatic heterocycles. The van der Waals surface area contributed by atoms with Gasteiger partial charge in [0.05, 0.1) is 12.1 Å². The Bertz CT molecular complexity index is 1290. The Hall–Kier alpha value is -3.40. The van der Waals surface area contributed by atoms with Crippen LogP contribution in [0.3, 0.4) is 0 Å². The van der Waals surface area contributed by atoms with Gasteiger partial charge in [-0.15, -0.1) is 0 Å². The van der Waals surface area contributed by atoms with Gasteiger partial charge in [0.2, 0.25) is 0 Å². The first-order valence-electron chi connectivity index (χ1n) is 10.9. The maximum atomic E-state index is 14.3. The van der Waals surface area contributed by atoms with Gasteiger partial charge in [-0.2, -0.15) is 13.2 Å². The van der Waals surface area contributed by atoms with Gasteiger partial charge in [-0.1, -0.05) is 26.0 Å². The van der Waals surface area contributed by atoms with E-state index in [4.69, 9.17) is 4.74 Å². The van der Waals surface area contributed by atoms with Gasteiger partial charge in [0.1, 0.15) is 11.6 Å². The number of nitrogens with zero attached hydrogens (tertiary/aromatic N) is 1. The number of benzene rings is 2. The average Bonchev–Trinajstić information content (AvgIpc) is 2.76. The molecule has 2 N–H and O–H groups in total. The molecule has 35 heavy (non-hydrogen) atoms. The number of halogens is 4. The van der Waals surface area contributed by atoms with Gasteiger partial charge >= 0.3 is 12.3 Å². The summed E-state index contributed by atoms with van der Waals surface area (Å²) >= 11 is 0. The molecule has 6 nitrogen and oxygen atoms in total. The summed E-state index contributed by atoms with van der Waals surface area (Å²) in [5, 5.41) is 13.6. The first-order chi connectivity index (χ1) is 16.3. The lowest BCUT2D eigenvalue weighted by Crippen LogP contribution is -2.52. The normalized spacial score (nSPS) is 13.9. The van der Waals surface area contributed by atoms with Crippen molar-refractivity contribution in [3.63, 3.8) is 0 Å². The Labute approximate surface area is 199 Å². The van der Waals surface area contributed by atoms with Crippen molar-refractivity contribution in [3.05, 3.63) is 76.3 Å². The monoisotopic (exact) mass is 494 g/mol. The molecule has 0 aliphatic carbocycles. The number of carbonyl (C=O) groups is 1. The van der Waals surface area contributed by atoms with Crippen molar-refractivity contribution in [1.29, 1.82) is 0 Å². The van der Waals surface area contributed by atoms with Crippen molar-refractivity contribution in [2.75, 3.05) is 6.54 Å². The number of amides is 1. The molecule has 188 valence electrons. The van der Waals surface area contributed by atoms with Crippen LogP contribution in [0.15, 0.2) is 59.5 Å². The standard InChI is InChI=1S/C25H26F4N2O4/c1-4-30-22(33)35-21-10-9-16(26)13-18(21)23(2,3)14-24(34,25(27,28)29)15-31-12-11-20(32)17-7-5-6-8-19(17)31/h5-13,34H,4,14-15H2,1-3H3,(H,30,33). The number of aliphatic hydroxyl groups is 1. The number of para-hydroxylation sites is 1. The summed E-state index contributed by atoms with van der Waals surface area (Å²) in [4.78, 5) is 24.1. The highest BCUT2D eigenvalue weighted by Gasteiger charge is 2.56. The van der Waals surface area contributed by atoms with Gasteiger partial charge in [-0.05, 0) is 49.1 Å². The lowest BCUT2D eigenvalue weighted by molar-refractivity contribution is -0.271. The van der Waals surface area contributed by atoms with Crippen LogP contribution in [-0.2, 0) is 12.0 Å². The van der Waals surface area contributed by atoms with Gasteiger partial charge in [0.25, 0.3) is 0 Å². The molecule has 0 spiro atoms. The van der Waals surface area contributed by atoms with Crippen molar-refractivity contribution in [1.82, 2.24) is 9.88 Å². The SMILES string of the molecule is CCNC(=O)Oc1ccc(F)cc1C(C)(C)CC(O)(Cn1ccc(=O)c2ccccc21)C(F)(F)F. The van der Waals surface area contributed by atoms with E-state index in [1.165, 1.54) is 32.2 Å². The fourth-order valence-electron chi connectivity index (χ4n) is 4.15. The predicted molar refractivity (Wildman–Crippen MR) is 123 cm³/mol. The van der Waals surface area contributed by atoms with E-state index in [9.17, 15) is 32.3 Å². The summed E-state index contributed by atoms with van der Waals surface area (Å²) in [7, 11) is 0. The third kappa shape index (κ3) is 5.64. The lowest BCUT2D eigenvalue weighted by atomic mass is 9.74. The molecule has 1 amide bonds. The number of ether oxygens (including phenoxy) is 1. The van der Waals surface area contributed by atoms with Crippen molar-refractivity contribution >= 4 is 17.0 Å². The summed E-state index contributed by atoms with van der Waals surface area (Å²) in [6.45, 7) is 3.78. The molecule has 3 rings (SSSR count). The first kappa shape index (κ1) is 26.2. The highest BCUT2D eigenvalue weighted by molar-refractivity contribution is 5.78. The van der Waals surface area contributed by atoms with E-state index < -0.39 is 42.1 Å². The molecule has 0 saturated carbocycles. The summed E-state index contributed by atoms with van der Waals surface area (Å²) in [6.07, 6.45) is -5.62. The van der Waals surface area contributed by atoms with Gasteiger partial charge in [-0.3, -0.25) is 4.79 Å². The predicted octanol–water partition coefficient (Wildman–Crippen LogP) is 4.91. The first-order valence-corrected chi connectivity index (χ1v) is 10.9. The highest BCUT2D eigenvalue weighted by atomic mass is 19.4. The van der Waals surface area contributed by atoms with Crippen LogP contribution in [-0.4, -0.2) is 34.1 Å².